The molecule has 2 aromatic rings. The van der Waals surface area contributed by atoms with Crippen molar-refractivity contribution < 1.29 is 0 Å². The van der Waals surface area contributed by atoms with E-state index in [-0.39, 0.29) is 0 Å². The molecule has 0 aliphatic rings. The molecule has 0 aromatic heterocycles. The fourth-order valence-corrected chi connectivity index (χ4v) is 2.36. The monoisotopic (exact) mass is 425 g/mol. The van der Waals surface area contributed by atoms with Gasteiger partial charge in [-0.2, -0.15) is 0 Å². The van der Waals surface area contributed by atoms with Crippen LogP contribution in [-0.2, 0) is 0 Å². The summed E-state index contributed by atoms with van der Waals surface area (Å²) in [6.07, 6.45) is 5.66. The standard InChI is InChI=1S/C20H27N5.C4H10.C2H6/c1-15-5-7-16(8-6-15)19(22)24-13-3-2-4-14-25-20(23)17-9-11-18(21)12-10-17;1-3-4-2;1-2/h5-12H,2-4,13-14,21H2,1H3,(H2,22,24)(H2,23,25);3-4H2,1-2H3;1-2H3. The number of unbranched alkanes of at least 4 members (excludes halogenated alkanes) is 3. The van der Waals surface area contributed by atoms with Crippen LogP contribution in [0.15, 0.2) is 58.5 Å². The largest absolute Gasteiger partial charge is 0.399 e. The van der Waals surface area contributed by atoms with E-state index in [1.165, 1.54) is 18.4 Å². The summed E-state index contributed by atoms with van der Waals surface area (Å²) >= 11 is 0. The molecule has 5 nitrogen and oxygen atoms in total. The maximum atomic E-state index is 6.00. The van der Waals surface area contributed by atoms with Crippen molar-refractivity contribution in [2.45, 2.75) is 66.7 Å². The Morgan fingerprint density at radius 2 is 1.06 bits per heavy atom. The van der Waals surface area contributed by atoms with Crippen LogP contribution in [0.4, 0.5) is 5.69 Å². The molecular weight excluding hydrogens is 382 g/mol. The summed E-state index contributed by atoms with van der Waals surface area (Å²) in [7, 11) is 0. The van der Waals surface area contributed by atoms with Crippen LogP contribution in [0, 0.1) is 6.92 Å². The highest BCUT2D eigenvalue weighted by atomic mass is 14.9. The zero-order valence-corrected chi connectivity index (χ0v) is 20.2. The fourth-order valence-electron chi connectivity index (χ4n) is 2.36. The normalized spacial score (nSPS) is 11.1. The van der Waals surface area contributed by atoms with Crippen LogP contribution in [0.3, 0.4) is 0 Å². The first-order valence-electron chi connectivity index (χ1n) is 11.5. The minimum absolute atomic E-state index is 0.557. The number of hydrogen-bond donors (Lipinski definition) is 3. The first kappa shape index (κ1) is 28.2. The lowest BCUT2D eigenvalue weighted by atomic mass is 10.1. The van der Waals surface area contributed by atoms with E-state index in [9.17, 15) is 0 Å². The van der Waals surface area contributed by atoms with Gasteiger partial charge in [0.1, 0.15) is 11.7 Å². The summed E-state index contributed by atoms with van der Waals surface area (Å²) in [5.41, 5.74) is 21.5. The van der Waals surface area contributed by atoms with Crippen LogP contribution in [0.5, 0.6) is 0 Å². The molecule has 0 spiro atoms. The van der Waals surface area contributed by atoms with Crippen LogP contribution in [0.25, 0.3) is 0 Å². The van der Waals surface area contributed by atoms with E-state index in [1.807, 2.05) is 62.4 Å². The molecular formula is C26H43N5. The number of nitrogen functional groups attached to an aromatic ring is 1. The third-order valence-electron chi connectivity index (χ3n) is 4.43. The lowest BCUT2D eigenvalue weighted by molar-refractivity contribution is 0.696. The number of aliphatic imine (C=N–C) groups is 2. The SMILES string of the molecule is CC.CCCC.Cc1ccc(C(N)=NCCCCCN=C(N)c2ccc(N)cc2)cc1. The summed E-state index contributed by atoms with van der Waals surface area (Å²) in [4.78, 5) is 8.84. The predicted molar refractivity (Wildman–Crippen MR) is 139 cm³/mol. The molecule has 0 unspecified atom stereocenters. The molecule has 0 bridgehead atoms. The average molecular weight is 426 g/mol. The van der Waals surface area contributed by atoms with Gasteiger partial charge in [-0.1, -0.05) is 70.4 Å². The van der Waals surface area contributed by atoms with E-state index in [2.05, 4.69) is 30.8 Å². The summed E-state index contributed by atoms with van der Waals surface area (Å²) < 4.78 is 0. The molecule has 0 aliphatic carbocycles. The van der Waals surface area contributed by atoms with Crippen molar-refractivity contribution in [1.82, 2.24) is 0 Å². The van der Waals surface area contributed by atoms with E-state index in [0.29, 0.717) is 18.2 Å². The molecule has 2 rings (SSSR count). The Morgan fingerprint density at radius 1 is 0.677 bits per heavy atom. The maximum absolute atomic E-state index is 6.00. The fraction of sp³-hybridized carbons (Fsp3) is 0.462. The third kappa shape index (κ3) is 13.2. The van der Waals surface area contributed by atoms with E-state index in [4.69, 9.17) is 17.2 Å². The highest BCUT2D eigenvalue weighted by Gasteiger charge is 1.98. The van der Waals surface area contributed by atoms with Crippen molar-refractivity contribution in [2.75, 3.05) is 18.8 Å². The molecule has 5 heteroatoms. The number of aryl methyl sites for hydroxylation is 1. The van der Waals surface area contributed by atoms with Gasteiger partial charge in [0.2, 0.25) is 0 Å². The number of benzene rings is 2. The zero-order chi connectivity index (χ0) is 23.5. The van der Waals surface area contributed by atoms with Gasteiger partial charge in [-0.15, -0.1) is 0 Å². The van der Waals surface area contributed by atoms with Gasteiger partial charge in [-0.25, -0.2) is 0 Å². The Kier molecular flexibility index (Phi) is 16.4. The van der Waals surface area contributed by atoms with Crippen LogP contribution >= 0.6 is 0 Å². The van der Waals surface area contributed by atoms with E-state index >= 15 is 0 Å². The highest BCUT2D eigenvalue weighted by Crippen LogP contribution is 2.06. The third-order valence-corrected chi connectivity index (χ3v) is 4.43. The van der Waals surface area contributed by atoms with Crippen molar-refractivity contribution in [3.63, 3.8) is 0 Å². The Morgan fingerprint density at radius 3 is 1.45 bits per heavy atom. The summed E-state index contributed by atoms with van der Waals surface area (Å²) in [6, 6.07) is 15.5. The van der Waals surface area contributed by atoms with Crippen LogP contribution in [-0.4, -0.2) is 24.8 Å². The van der Waals surface area contributed by atoms with Gasteiger partial charge in [-0.3, -0.25) is 9.98 Å². The van der Waals surface area contributed by atoms with Gasteiger partial charge in [0.05, 0.1) is 0 Å². The highest BCUT2D eigenvalue weighted by molar-refractivity contribution is 5.98. The molecule has 0 radical (unpaired) electrons. The Bertz CT molecular complexity index is 681. The Balaban J connectivity index is 0.00000134. The second-order valence-electron chi connectivity index (χ2n) is 7.08. The number of rotatable bonds is 9. The van der Waals surface area contributed by atoms with E-state index < -0.39 is 0 Å². The second kappa shape index (κ2) is 18.0. The average Bonchev–Trinajstić information content (AvgIpc) is 2.80. The summed E-state index contributed by atoms with van der Waals surface area (Å²) in [6.45, 7) is 11.9. The number of nitrogens with zero attached hydrogens (tertiary/aromatic N) is 2. The quantitative estimate of drug-likeness (QED) is 0.208. The summed E-state index contributed by atoms with van der Waals surface area (Å²) in [5.74, 6) is 1.16. The predicted octanol–water partition coefficient (Wildman–Crippen LogP) is 5.69. The first-order chi connectivity index (χ1) is 15.0. The molecule has 0 heterocycles. The van der Waals surface area contributed by atoms with Crippen molar-refractivity contribution in [2.24, 2.45) is 21.5 Å². The van der Waals surface area contributed by atoms with Crippen molar-refractivity contribution in [1.29, 1.82) is 0 Å². The van der Waals surface area contributed by atoms with Gasteiger partial charge < -0.3 is 17.2 Å². The van der Waals surface area contributed by atoms with Crippen LogP contribution < -0.4 is 17.2 Å². The topological polar surface area (TPSA) is 103 Å². The van der Waals surface area contributed by atoms with Crippen LogP contribution in [0.2, 0.25) is 0 Å². The molecule has 0 amide bonds. The minimum Gasteiger partial charge on any atom is -0.399 e. The lowest BCUT2D eigenvalue weighted by Crippen LogP contribution is -2.14. The molecule has 6 N–H and O–H groups in total. The Hall–Kier alpha value is -2.82. The van der Waals surface area contributed by atoms with Gasteiger partial charge >= 0.3 is 0 Å². The van der Waals surface area contributed by atoms with Gasteiger partial charge in [0, 0.05) is 29.9 Å². The molecule has 0 saturated heterocycles. The molecule has 0 fully saturated rings. The molecule has 172 valence electrons. The van der Waals surface area contributed by atoms with Crippen molar-refractivity contribution >= 4 is 17.4 Å². The van der Waals surface area contributed by atoms with Gasteiger partial charge in [-0.05, 0) is 50.5 Å². The number of amidine groups is 2. The zero-order valence-electron chi connectivity index (χ0n) is 20.2. The Labute approximate surface area is 189 Å². The van der Waals surface area contributed by atoms with Crippen molar-refractivity contribution in [3.8, 4) is 0 Å². The number of hydrogen-bond acceptors (Lipinski definition) is 3. The molecule has 0 atom stereocenters. The van der Waals surface area contributed by atoms with Crippen molar-refractivity contribution in [3.05, 3.63) is 65.2 Å². The summed E-state index contributed by atoms with van der Waals surface area (Å²) in [5, 5.41) is 0. The van der Waals surface area contributed by atoms with E-state index in [0.717, 1.165) is 42.6 Å². The first-order valence-corrected chi connectivity index (χ1v) is 11.5. The molecule has 31 heavy (non-hydrogen) atoms. The maximum Gasteiger partial charge on any atom is 0.125 e. The minimum atomic E-state index is 0.557. The molecule has 2 aromatic carbocycles. The van der Waals surface area contributed by atoms with Gasteiger partial charge in [0.15, 0.2) is 0 Å². The molecule has 0 aliphatic heterocycles. The molecule has 0 saturated carbocycles. The smallest absolute Gasteiger partial charge is 0.125 e. The number of nitrogens with two attached hydrogens (primary N) is 3. The van der Waals surface area contributed by atoms with Gasteiger partial charge in [0.25, 0.3) is 0 Å². The lowest BCUT2D eigenvalue weighted by Gasteiger charge is -2.03. The van der Waals surface area contributed by atoms with E-state index in [1.54, 1.807) is 0 Å². The number of anilines is 1. The second-order valence-corrected chi connectivity index (χ2v) is 7.08. The van der Waals surface area contributed by atoms with Crippen LogP contribution in [0.1, 0.15) is 76.5 Å².